The number of halogens is 4. The highest BCUT2D eigenvalue weighted by atomic mass is 35.5. The van der Waals surface area contributed by atoms with Crippen molar-refractivity contribution in [1.82, 2.24) is 0 Å². The van der Waals surface area contributed by atoms with E-state index in [4.69, 9.17) is 11.6 Å². The molecule has 1 amide bonds. The van der Waals surface area contributed by atoms with Crippen molar-refractivity contribution in [1.29, 1.82) is 0 Å². The summed E-state index contributed by atoms with van der Waals surface area (Å²) in [6.45, 7) is 1.52. The van der Waals surface area contributed by atoms with Crippen LogP contribution >= 0.6 is 11.6 Å². The molecule has 1 rings (SSSR count). The van der Waals surface area contributed by atoms with Crippen molar-refractivity contribution in [3.05, 3.63) is 28.8 Å². The molecular weight excluding hydrogens is 287 g/mol. The van der Waals surface area contributed by atoms with Crippen LogP contribution in [0.2, 0.25) is 5.02 Å². The highest BCUT2D eigenvalue weighted by Gasteiger charge is 2.31. The Kier molecular flexibility index (Phi) is 4.77. The summed E-state index contributed by atoms with van der Waals surface area (Å²) in [4.78, 5) is 22.3. The van der Waals surface area contributed by atoms with Crippen LogP contribution in [-0.4, -0.2) is 18.5 Å². The van der Waals surface area contributed by atoms with Gasteiger partial charge in [0, 0.05) is 0 Å². The van der Waals surface area contributed by atoms with Crippen LogP contribution in [0.4, 0.5) is 18.9 Å². The van der Waals surface area contributed by atoms with Crippen molar-refractivity contribution < 1.29 is 27.5 Å². The molecule has 104 valence electrons. The average Bonchev–Trinajstić information content (AvgIpc) is 2.30. The Bertz CT molecular complexity index is 502. The zero-order valence-corrected chi connectivity index (χ0v) is 10.4. The molecule has 0 aromatic heterocycles. The fraction of sp³-hybridized carbons (Fsp3) is 0.273. The molecule has 0 radical (unpaired) electrons. The summed E-state index contributed by atoms with van der Waals surface area (Å²) in [5.74, 6) is -2.25. The molecule has 0 spiro atoms. The van der Waals surface area contributed by atoms with Crippen molar-refractivity contribution >= 4 is 29.2 Å². The third-order valence-electron chi connectivity index (χ3n) is 2.01. The fourth-order valence-corrected chi connectivity index (χ4v) is 1.39. The Morgan fingerprint density at radius 3 is 2.47 bits per heavy atom. The van der Waals surface area contributed by atoms with Crippen molar-refractivity contribution in [2.75, 3.05) is 11.9 Å². The number of benzene rings is 1. The quantitative estimate of drug-likeness (QED) is 0.674. The van der Waals surface area contributed by atoms with Gasteiger partial charge in [-0.3, -0.25) is 4.79 Å². The molecule has 0 bridgehead atoms. The number of ether oxygens (including phenoxy) is 1. The number of hydrogen-bond acceptors (Lipinski definition) is 3. The molecular formula is C11H9ClF3NO3. The van der Waals surface area contributed by atoms with Gasteiger partial charge in [-0.1, -0.05) is 11.6 Å². The van der Waals surface area contributed by atoms with Crippen LogP contribution in [0.25, 0.3) is 0 Å². The third kappa shape index (κ3) is 4.13. The molecule has 0 unspecified atom stereocenters. The number of alkyl halides is 3. The smallest absolute Gasteiger partial charge is 0.416 e. The van der Waals surface area contributed by atoms with Gasteiger partial charge in [0.05, 0.1) is 22.9 Å². The average molecular weight is 296 g/mol. The van der Waals surface area contributed by atoms with Gasteiger partial charge in [-0.05, 0) is 25.1 Å². The van der Waals surface area contributed by atoms with Crippen LogP contribution in [0.15, 0.2) is 18.2 Å². The summed E-state index contributed by atoms with van der Waals surface area (Å²) in [5.41, 5.74) is -1.06. The number of amides is 1. The van der Waals surface area contributed by atoms with Crippen LogP contribution in [0.3, 0.4) is 0 Å². The van der Waals surface area contributed by atoms with Gasteiger partial charge >= 0.3 is 18.1 Å². The molecule has 0 fully saturated rings. The molecule has 1 aromatic rings. The van der Waals surface area contributed by atoms with Crippen molar-refractivity contribution in [2.24, 2.45) is 0 Å². The SMILES string of the molecule is CCOC(=O)C(=O)Nc1ccc(C(F)(F)F)cc1Cl. The van der Waals surface area contributed by atoms with Crippen LogP contribution in [0.5, 0.6) is 0 Å². The summed E-state index contributed by atoms with van der Waals surface area (Å²) >= 11 is 5.59. The molecule has 4 nitrogen and oxygen atoms in total. The van der Waals surface area contributed by atoms with E-state index in [0.717, 1.165) is 12.1 Å². The second-order valence-corrected chi connectivity index (χ2v) is 3.77. The molecule has 19 heavy (non-hydrogen) atoms. The van der Waals surface area contributed by atoms with Gasteiger partial charge in [-0.25, -0.2) is 4.79 Å². The van der Waals surface area contributed by atoms with Crippen LogP contribution in [-0.2, 0) is 20.5 Å². The Morgan fingerprint density at radius 2 is 2.00 bits per heavy atom. The minimum atomic E-state index is -4.53. The summed E-state index contributed by atoms with van der Waals surface area (Å²) in [5, 5.41) is 1.73. The molecule has 0 heterocycles. The highest BCUT2D eigenvalue weighted by Crippen LogP contribution is 2.33. The van der Waals surface area contributed by atoms with Gasteiger partial charge < -0.3 is 10.1 Å². The van der Waals surface area contributed by atoms with E-state index in [1.54, 1.807) is 0 Å². The Hall–Kier alpha value is -1.76. The van der Waals surface area contributed by atoms with Crippen molar-refractivity contribution in [3.8, 4) is 0 Å². The van der Waals surface area contributed by atoms with E-state index < -0.39 is 23.6 Å². The molecule has 0 saturated carbocycles. The zero-order chi connectivity index (χ0) is 14.6. The summed E-state index contributed by atoms with van der Waals surface area (Å²) in [6, 6.07) is 2.36. The van der Waals surface area contributed by atoms with Gasteiger partial charge in [0.2, 0.25) is 0 Å². The van der Waals surface area contributed by atoms with Crippen LogP contribution < -0.4 is 5.32 Å². The maximum absolute atomic E-state index is 12.4. The molecule has 1 N–H and O–H groups in total. The van der Waals surface area contributed by atoms with Crippen LogP contribution in [0.1, 0.15) is 12.5 Å². The van der Waals surface area contributed by atoms with Gasteiger partial charge in [0.25, 0.3) is 0 Å². The number of rotatable bonds is 2. The Labute approximate surface area is 111 Å². The van der Waals surface area contributed by atoms with E-state index in [2.05, 4.69) is 10.1 Å². The molecule has 0 atom stereocenters. The molecule has 8 heteroatoms. The topological polar surface area (TPSA) is 55.4 Å². The van der Waals surface area contributed by atoms with Gasteiger partial charge in [-0.2, -0.15) is 13.2 Å². The molecule has 0 aliphatic carbocycles. The highest BCUT2D eigenvalue weighted by molar-refractivity contribution is 6.39. The van der Waals surface area contributed by atoms with Gasteiger partial charge in [0.15, 0.2) is 0 Å². The number of carbonyl (C=O) groups is 2. The molecule has 0 saturated heterocycles. The van der Waals surface area contributed by atoms with Crippen molar-refractivity contribution in [3.63, 3.8) is 0 Å². The molecule has 0 aliphatic heterocycles. The van der Waals surface area contributed by atoms with E-state index >= 15 is 0 Å². The van der Waals surface area contributed by atoms with E-state index in [1.165, 1.54) is 6.92 Å². The number of anilines is 1. The van der Waals surface area contributed by atoms with Gasteiger partial charge in [0.1, 0.15) is 0 Å². The van der Waals surface area contributed by atoms with E-state index in [-0.39, 0.29) is 17.3 Å². The standard InChI is InChI=1S/C11H9ClF3NO3/c1-2-19-10(18)9(17)16-8-4-3-6(5-7(8)12)11(13,14)15/h3-5H,2H2,1H3,(H,16,17). The zero-order valence-electron chi connectivity index (χ0n) is 9.68. The number of hydrogen-bond donors (Lipinski definition) is 1. The summed E-state index contributed by atoms with van der Waals surface area (Å²) < 4.78 is 41.5. The minimum Gasteiger partial charge on any atom is -0.459 e. The van der Waals surface area contributed by atoms with E-state index in [1.807, 2.05) is 0 Å². The Balaban J connectivity index is 2.87. The predicted octanol–water partition coefficient (Wildman–Crippen LogP) is 2.86. The second-order valence-electron chi connectivity index (χ2n) is 3.37. The number of carbonyl (C=O) groups excluding carboxylic acids is 2. The first-order valence-electron chi connectivity index (χ1n) is 5.10. The van der Waals surface area contributed by atoms with Crippen LogP contribution in [0, 0.1) is 0 Å². The lowest BCUT2D eigenvalue weighted by Crippen LogP contribution is -2.25. The molecule has 0 aliphatic rings. The second kappa shape index (κ2) is 5.92. The summed E-state index contributed by atoms with van der Waals surface area (Å²) in [6.07, 6.45) is -4.53. The monoisotopic (exact) mass is 295 g/mol. The van der Waals surface area contributed by atoms with E-state index in [9.17, 15) is 22.8 Å². The fourth-order valence-electron chi connectivity index (χ4n) is 1.16. The maximum atomic E-state index is 12.4. The Morgan fingerprint density at radius 1 is 1.37 bits per heavy atom. The lowest BCUT2D eigenvalue weighted by atomic mass is 10.2. The molecule has 1 aromatic carbocycles. The first kappa shape index (κ1) is 15.3. The lowest BCUT2D eigenvalue weighted by Gasteiger charge is -2.10. The van der Waals surface area contributed by atoms with Gasteiger partial charge in [-0.15, -0.1) is 0 Å². The first-order valence-corrected chi connectivity index (χ1v) is 5.48. The minimum absolute atomic E-state index is 0.00694. The number of nitrogens with one attached hydrogen (secondary N) is 1. The number of esters is 1. The largest absolute Gasteiger partial charge is 0.459 e. The predicted molar refractivity (Wildman–Crippen MR) is 61.7 cm³/mol. The maximum Gasteiger partial charge on any atom is 0.416 e. The van der Waals surface area contributed by atoms with E-state index in [0.29, 0.717) is 6.07 Å². The normalized spacial score (nSPS) is 11.0. The lowest BCUT2D eigenvalue weighted by molar-refractivity contribution is -0.152. The first-order chi connectivity index (χ1) is 8.75. The van der Waals surface area contributed by atoms with Crippen molar-refractivity contribution in [2.45, 2.75) is 13.1 Å². The summed E-state index contributed by atoms with van der Waals surface area (Å²) in [7, 11) is 0. The third-order valence-corrected chi connectivity index (χ3v) is 2.32.